The van der Waals surface area contributed by atoms with E-state index in [1.807, 2.05) is 42.1 Å². The Bertz CT molecular complexity index is 661. The van der Waals surface area contributed by atoms with Gasteiger partial charge in [0.1, 0.15) is 5.69 Å². The molecule has 5 nitrogen and oxygen atoms in total. The van der Waals surface area contributed by atoms with E-state index in [0.717, 1.165) is 31.5 Å². The zero-order valence-electron chi connectivity index (χ0n) is 13.1. The third-order valence-electron chi connectivity index (χ3n) is 4.20. The number of nitrogens with one attached hydrogen (secondary N) is 2. The SMILES string of the molecule is CC(NC(=O)c1ccn(C2CCCNC2)n1)c1ccc(Cl)cc1. The largest absolute Gasteiger partial charge is 0.344 e. The van der Waals surface area contributed by atoms with Gasteiger partial charge in [0, 0.05) is 17.8 Å². The third-order valence-corrected chi connectivity index (χ3v) is 4.46. The van der Waals surface area contributed by atoms with Crippen molar-refractivity contribution in [1.29, 1.82) is 0 Å². The molecule has 0 bridgehead atoms. The smallest absolute Gasteiger partial charge is 0.272 e. The van der Waals surface area contributed by atoms with Crippen LogP contribution in [-0.2, 0) is 0 Å². The summed E-state index contributed by atoms with van der Waals surface area (Å²) >= 11 is 5.89. The topological polar surface area (TPSA) is 59.0 Å². The quantitative estimate of drug-likeness (QED) is 0.905. The number of carbonyl (C=O) groups is 1. The first-order chi connectivity index (χ1) is 11.1. The number of aromatic nitrogens is 2. The van der Waals surface area contributed by atoms with E-state index in [1.54, 1.807) is 6.07 Å². The van der Waals surface area contributed by atoms with Crippen molar-refractivity contribution in [2.75, 3.05) is 13.1 Å². The molecule has 1 aliphatic rings. The van der Waals surface area contributed by atoms with Crippen molar-refractivity contribution in [3.63, 3.8) is 0 Å². The number of halogens is 1. The minimum Gasteiger partial charge on any atom is -0.344 e. The van der Waals surface area contributed by atoms with Crippen molar-refractivity contribution in [1.82, 2.24) is 20.4 Å². The van der Waals surface area contributed by atoms with Gasteiger partial charge in [-0.3, -0.25) is 9.48 Å². The van der Waals surface area contributed by atoms with Gasteiger partial charge in [0.05, 0.1) is 12.1 Å². The molecule has 0 radical (unpaired) electrons. The predicted molar refractivity (Wildman–Crippen MR) is 90.7 cm³/mol. The molecule has 122 valence electrons. The Kier molecular flexibility index (Phi) is 4.98. The molecule has 1 aromatic carbocycles. The number of piperidine rings is 1. The van der Waals surface area contributed by atoms with Crippen molar-refractivity contribution in [3.8, 4) is 0 Å². The molecule has 2 unspecified atom stereocenters. The molecular formula is C17H21ClN4O. The lowest BCUT2D eigenvalue weighted by Gasteiger charge is -2.22. The van der Waals surface area contributed by atoms with E-state index in [1.165, 1.54) is 0 Å². The second kappa shape index (κ2) is 7.15. The summed E-state index contributed by atoms with van der Waals surface area (Å²) in [5.41, 5.74) is 1.47. The van der Waals surface area contributed by atoms with Crippen LogP contribution in [0.3, 0.4) is 0 Å². The molecule has 1 aliphatic heterocycles. The highest BCUT2D eigenvalue weighted by Crippen LogP contribution is 2.18. The molecule has 1 saturated heterocycles. The van der Waals surface area contributed by atoms with Crippen LogP contribution < -0.4 is 10.6 Å². The summed E-state index contributed by atoms with van der Waals surface area (Å²) in [7, 11) is 0. The van der Waals surface area contributed by atoms with Crippen LogP contribution in [-0.4, -0.2) is 28.8 Å². The van der Waals surface area contributed by atoms with Gasteiger partial charge in [-0.15, -0.1) is 0 Å². The van der Waals surface area contributed by atoms with Crippen LogP contribution in [0.25, 0.3) is 0 Å². The van der Waals surface area contributed by atoms with Crippen molar-refractivity contribution >= 4 is 17.5 Å². The second-order valence-electron chi connectivity index (χ2n) is 5.93. The molecule has 2 N–H and O–H groups in total. The molecule has 1 aromatic heterocycles. The van der Waals surface area contributed by atoms with Gasteiger partial charge in [-0.05, 0) is 50.1 Å². The number of hydrogen-bond donors (Lipinski definition) is 2. The summed E-state index contributed by atoms with van der Waals surface area (Å²) < 4.78 is 1.90. The van der Waals surface area contributed by atoms with E-state index in [4.69, 9.17) is 11.6 Å². The van der Waals surface area contributed by atoms with Crippen molar-refractivity contribution in [2.45, 2.75) is 31.8 Å². The summed E-state index contributed by atoms with van der Waals surface area (Å²) in [6, 6.07) is 9.49. The van der Waals surface area contributed by atoms with Gasteiger partial charge in [0.15, 0.2) is 0 Å². The number of hydrogen-bond acceptors (Lipinski definition) is 3. The Labute approximate surface area is 141 Å². The summed E-state index contributed by atoms with van der Waals surface area (Å²) in [4.78, 5) is 12.4. The van der Waals surface area contributed by atoms with Crippen LogP contribution >= 0.6 is 11.6 Å². The maximum Gasteiger partial charge on any atom is 0.272 e. The predicted octanol–water partition coefficient (Wildman–Crippen LogP) is 2.95. The van der Waals surface area contributed by atoms with Crippen molar-refractivity contribution in [2.24, 2.45) is 0 Å². The van der Waals surface area contributed by atoms with E-state index >= 15 is 0 Å². The molecule has 1 amide bonds. The number of carbonyl (C=O) groups excluding carboxylic acids is 1. The number of benzene rings is 1. The number of amides is 1. The molecule has 3 rings (SSSR count). The molecule has 6 heteroatoms. The Balaban J connectivity index is 1.63. The van der Waals surface area contributed by atoms with Gasteiger partial charge >= 0.3 is 0 Å². The molecule has 2 aromatic rings. The van der Waals surface area contributed by atoms with Gasteiger partial charge in [0.2, 0.25) is 0 Å². The summed E-state index contributed by atoms with van der Waals surface area (Å²) in [5, 5.41) is 11.5. The summed E-state index contributed by atoms with van der Waals surface area (Å²) in [5.74, 6) is -0.157. The Morgan fingerprint density at radius 2 is 2.17 bits per heavy atom. The third kappa shape index (κ3) is 3.92. The van der Waals surface area contributed by atoms with Crippen LogP contribution in [0, 0.1) is 0 Å². The average molecular weight is 333 g/mol. The van der Waals surface area contributed by atoms with Gasteiger partial charge in [-0.2, -0.15) is 5.10 Å². The van der Waals surface area contributed by atoms with Crippen molar-refractivity contribution < 1.29 is 4.79 Å². The normalized spacial score (nSPS) is 19.3. The van der Waals surface area contributed by atoms with Crippen LogP contribution in [0.4, 0.5) is 0 Å². The summed E-state index contributed by atoms with van der Waals surface area (Å²) in [6.07, 6.45) is 4.12. The Hall–Kier alpha value is -1.85. The van der Waals surface area contributed by atoms with Crippen LogP contribution in [0.1, 0.15) is 47.9 Å². The Morgan fingerprint density at radius 1 is 1.39 bits per heavy atom. The van der Waals surface area contributed by atoms with Crippen LogP contribution in [0.5, 0.6) is 0 Å². The van der Waals surface area contributed by atoms with E-state index in [9.17, 15) is 4.79 Å². The molecular weight excluding hydrogens is 312 g/mol. The molecule has 0 spiro atoms. The highest BCUT2D eigenvalue weighted by Gasteiger charge is 2.18. The summed E-state index contributed by atoms with van der Waals surface area (Å²) in [6.45, 7) is 3.91. The monoisotopic (exact) mass is 332 g/mol. The molecule has 0 aliphatic carbocycles. The van der Waals surface area contributed by atoms with E-state index in [-0.39, 0.29) is 11.9 Å². The van der Waals surface area contributed by atoms with E-state index in [0.29, 0.717) is 16.8 Å². The standard InChI is InChI=1S/C17H21ClN4O/c1-12(13-4-6-14(18)7-5-13)20-17(23)16-8-10-22(21-16)15-3-2-9-19-11-15/h4-8,10,12,15,19H,2-3,9,11H2,1H3,(H,20,23). The zero-order valence-corrected chi connectivity index (χ0v) is 13.9. The van der Waals surface area contributed by atoms with Gasteiger partial charge in [-0.1, -0.05) is 23.7 Å². The Morgan fingerprint density at radius 3 is 2.87 bits per heavy atom. The maximum atomic E-state index is 12.4. The second-order valence-corrected chi connectivity index (χ2v) is 6.36. The first-order valence-electron chi connectivity index (χ1n) is 7.95. The molecule has 2 heterocycles. The van der Waals surface area contributed by atoms with Crippen LogP contribution in [0.15, 0.2) is 36.5 Å². The number of rotatable bonds is 4. The first kappa shape index (κ1) is 16.0. The van der Waals surface area contributed by atoms with Gasteiger partial charge in [0.25, 0.3) is 5.91 Å². The van der Waals surface area contributed by atoms with Gasteiger partial charge in [-0.25, -0.2) is 0 Å². The van der Waals surface area contributed by atoms with E-state index in [2.05, 4.69) is 15.7 Å². The van der Waals surface area contributed by atoms with Gasteiger partial charge < -0.3 is 10.6 Å². The highest BCUT2D eigenvalue weighted by atomic mass is 35.5. The lowest BCUT2D eigenvalue weighted by atomic mass is 10.1. The molecule has 1 fully saturated rings. The fraction of sp³-hybridized carbons (Fsp3) is 0.412. The number of nitrogens with zero attached hydrogens (tertiary/aromatic N) is 2. The maximum absolute atomic E-state index is 12.4. The van der Waals surface area contributed by atoms with Crippen LogP contribution in [0.2, 0.25) is 5.02 Å². The average Bonchev–Trinajstić information content (AvgIpc) is 3.06. The molecule has 23 heavy (non-hydrogen) atoms. The zero-order chi connectivity index (χ0) is 16.2. The fourth-order valence-electron chi connectivity index (χ4n) is 2.83. The molecule has 0 saturated carbocycles. The lowest BCUT2D eigenvalue weighted by molar-refractivity contribution is 0.0933. The van der Waals surface area contributed by atoms with E-state index < -0.39 is 0 Å². The van der Waals surface area contributed by atoms with Crippen molar-refractivity contribution in [3.05, 3.63) is 52.8 Å². The lowest BCUT2D eigenvalue weighted by Crippen LogP contribution is -2.32. The molecule has 2 atom stereocenters. The minimum absolute atomic E-state index is 0.0961. The highest BCUT2D eigenvalue weighted by molar-refractivity contribution is 6.30. The first-order valence-corrected chi connectivity index (χ1v) is 8.33. The fourth-order valence-corrected chi connectivity index (χ4v) is 2.95. The minimum atomic E-state index is -0.157.